The van der Waals surface area contributed by atoms with Gasteiger partial charge in [-0.3, -0.25) is 9.36 Å². The molecule has 8 nitrogen and oxygen atoms in total. The minimum atomic E-state index is -0.370. The normalized spacial score (nSPS) is 14.2. The van der Waals surface area contributed by atoms with Gasteiger partial charge in [0, 0.05) is 81.2 Å². The number of aromatic nitrogens is 5. The van der Waals surface area contributed by atoms with Crippen molar-refractivity contribution in [2.75, 3.05) is 13.7 Å². The number of aryl methyl sites for hydroxylation is 5. The van der Waals surface area contributed by atoms with Crippen molar-refractivity contribution >= 4 is 52.0 Å². The van der Waals surface area contributed by atoms with E-state index in [0.29, 0.717) is 36.0 Å². The molecule has 2 aromatic carbocycles. The summed E-state index contributed by atoms with van der Waals surface area (Å²) in [6.45, 7) is 7.22. The van der Waals surface area contributed by atoms with E-state index in [0.717, 1.165) is 72.4 Å². The summed E-state index contributed by atoms with van der Waals surface area (Å²) in [6, 6.07) is 12.5. The molecule has 6 rings (SSSR count). The van der Waals surface area contributed by atoms with Crippen LogP contribution >= 0.6 is 35.1 Å². The number of ether oxygens (including phenoxy) is 2. The lowest BCUT2D eigenvalue weighted by Gasteiger charge is -2.13. The lowest BCUT2D eigenvalue weighted by atomic mass is 9.97. The SMILES string of the molecule is COC(=O)c1c(C)c2c3c(Cl)ccc2n1CCCOc1cc(C)cc(c1)SCc1cc(nn1C)CSCc1nn(C)c(C)c1-3. The summed E-state index contributed by atoms with van der Waals surface area (Å²) in [4.78, 5) is 14.4. The minimum absolute atomic E-state index is 0.370. The molecule has 0 fully saturated rings. The number of hydrogen-bond acceptors (Lipinski definition) is 7. The Bertz CT molecular complexity index is 1890. The standard InChI is InChI=1S/C33H36ClN5O3S2/c1-19-12-24-15-25(13-19)44-17-23-14-22(35-38(23)5)16-43-18-27-30(21(3)37(4)36-27)31-26(34)8-9-28-29(31)20(2)32(33(40)41-6)39(28)10-7-11-42-24/h8-9,12-15H,7,10-11,16-18H2,1-6H3. The summed E-state index contributed by atoms with van der Waals surface area (Å²) in [7, 11) is 5.39. The second kappa shape index (κ2) is 12.6. The van der Waals surface area contributed by atoms with E-state index in [1.807, 2.05) is 42.5 Å². The molecule has 44 heavy (non-hydrogen) atoms. The van der Waals surface area contributed by atoms with Crippen LogP contribution in [0.15, 0.2) is 41.3 Å². The third kappa shape index (κ3) is 5.75. The summed E-state index contributed by atoms with van der Waals surface area (Å²) < 4.78 is 17.5. The summed E-state index contributed by atoms with van der Waals surface area (Å²) in [5.41, 5.74) is 9.56. The molecule has 230 valence electrons. The van der Waals surface area contributed by atoms with Crippen molar-refractivity contribution in [3.05, 3.63) is 81.0 Å². The largest absolute Gasteiger partial charge is 0.493 e. The molecule has 0 spiro atoms. The van der Waals surface area contributed by atoms with Crippen LogP contribution in [0.2, 0.25) is 5.02 Å². The molecule has 4 heterocycles. The lowest BCUT2D eigenvalue weighted by molar-refractivity contribution is 0.0587. The van der Waals surface area contributed by atoms with Gasteiger partial charge < -0.3 is 14.0 Å². The summed E-state index contributed by atoms with van der Waals surface area (Å²) >= 11 is 10.6. The Labute approximate surface area is 271 Å². The van der Waals surface area contributed by atoms with Crippen molar-refractivity contribution in [2.45, 2.75) is 55.9 Å². The Morgan fingerprint density at radius 3 is 2.61 bits per heavy atom. The molecule has 3 aromatic heterocycles. The van der Waals surface area contributed by atoms with E-state index in [2.05, 4.69) is 42.7 Å². The van der Waals surface area contributed by atoms with Crippen LogP contribution in [0, 0.1) is 20.8 Å². The molecule has 0 N–H and O–H groups in total. The highest BCUT2D eigenvalue weighted by molar-refractivity contribution is 7.98. The first-order valence-electron chi connectivity index (χ1n) is 14.6. The fraction of sp³-hybridized carbons (Fsp3) is 0.364. The Morgan fingerprint density at radius 2 is 1.82 bits per heavy atom. The minimum Gasteiger partial charge on any atom is -0.493 e. The molecule has 0 saturated carbocycles. The number of carbonyl (C=O) groups excluding carboxylic acids is 1. The number of methoxy groups -OCH3 is 1. The van der Waals surface area contributed by atoms with Crippen LogP contribution in [-0.4, -0.2) is 43.8 Å². The van der Waals surface area contributed by atoms with Crippen molar-refractivity contribution in [1.29, 1.82) is 0 Å². The molecular weight excluding hydrogens is 614 g/mol. The predicted octanol–water partition coefficient (Wildman–Crippen LogP) is 7.65. The molecule has 1 aliphatic rings. The van der Waals surface area contributed by atoms with Gasteiger partial charge in [0.15, 0.2) is 0 Å². The maximum atomic E-state index is 13.2. The molecule has 11 heteroatoms. The Kier molecular flexibility index (Phi) is 8.77. The number of thioether (sulfide) groups is 2. The Morgan fingerprint density at radius 1 is 1.00 bits per heavy atom. The van der Waals surface area contributed by atoms with Gasteiger partial charge >= 0.3 is 5.97 Å². The predicted molar refractivity (Wildman–Crippen MR) is 179 cm³/mol. The van der Waals surface area contributed by atoms with Crippen LogP contribution in [-0.2, 0) is 42.6 Å². The molecule has 5 aromatic rings. The van der Waals surface area contributed by atoms with Gasteiger partial charge in [0.05, 0.1) is 25.1 Å². The molecule has 0 radical (unpaired) electrons. The van der Waals surface area contributed by atoms with Gasteiger partial charge in [-0.1, -0.05) is 11.6 Å². The number of fused-ring (bicyclic) bond motifs is 6. The van der Waals surface area contributed by atoms with E-state index in [1.54, 1.807) is 23.5 Å². The second-order valence-electron chi connectivity index (χ2n) is 11.2. The first-order chi connectivity index (χ1) is 21.2. The molecule has 0 amide bonds. The number of nitrogens with zero attached hydrogens (tertiary/aromatic N) is 5. The quantitative estimate of drug-likeness (QED) is 0.173. The van der Waals surface area contributed by atoms with Crippen molar-refractivity contribution in [1.82, 2.24) is 24.1 Å². The highest BCUT2D eigenvalue weighted by Crippen LogP contribution is 2.43. The van der Waals surface area contributed by atoms with Gasteiger partial charge in [0.25, 0.3) is 0 Å². The van der Waals surface area contributed by atoms with Crippen LogP contribution < -0.4 is 4.74 Å². The van der Waals surface area contributed by atoms with E-state index in [9.17, 15) is 4.79 Å². The van der Waals surface area contributed by atoms with Crippen molar-refractivity contribution < 1.29 is 14.3 Å². The van der Waals surface area contributed by atoms with Crippen LogP contribution in [0.4, 0.5) is 0 Å². The number of esters is 1. The Hall–Kier alpha value is -3.34. The molecule has 1 aliphatic heterocycles. The monoisotopic (exact) mass is 649 g/mol. The molecule has 8 bridgehead atoms. The lowest BCUT2D eigenvalue weighted by Crippen LogP contribution is -2.13. The first-order valence-corrected chi connectivity index (χ1v) is 17.1. The molecule has 0 unspecified atom stereocenters. The van der Waals surface area contributed by atoms with Gasteiger partial charge in [-0.05, 0) is 74.7 Å². The van der Waals surface area contributed by atoms with Gasteiger partial charge in [0.1, 0.15) is 11.4 Å². The zero-order valence-electron chi connectivity index (χ0n) is 25.9. The molecule has 0 aliphatic carbocycles. The van der Waals surface area contributed by atoms with E-state index >= 15 is 0 Å². The van der Waals surface area contributed by atoms with Gasteiger partial charge in [-0.2, -0.15) is 10.2 Å². The number of halogens is 1. The van der Waals surface area contributed by atoms with Crippen LogP contribution in [0.25, 0.3) is 22.0 Å². The van der Waals surface area contributed by atoms with Crippen molar-refractivity contribution in [3.8, 4) is 16.9 Å². The Balaban J connectivity index is 1.48. The summed E-state index contributed by atoms with van der Waals surface area (Å²) in [5, 5.41) is 11.3. The number of carbonyl (C=O) groups is 1. The van der Waals surface area contributed by atoms with Crippen molar-refractivity contribution in [2.24, 2.45) is 14.1 Å². The maximum Gasteiger partial charge on any atom is 0.354 e. The van der Waals surface area contributed by atoms with Gasteiger partial charge in [0.2, 0.25) is 0 Å². The highest BCUT2D eigenvalue weighted by Gasteiger charge is 2.27. The second-order valence-corrected chi connectivity index (χ2v) is 13.6. The maximum absolute atomic E-state index is 13.2. The number of hydrogen-bond donors (Lipinski definition) is 0. The topological polar surface area (TPSA) is 76.1 Å². The van der Waals surface area contributed by atoms with Crippen LogP contribution in [0.3, 0.4) is 0 Å². The van der Waals surface area contributed by atoms with Crippen LogP contribution in [0.1, 0.15) is 50.8 Å². The first kappa shape index (κ1) is 30.7. The average Bonchev–Trinajstić information content (AvgIpc) is 3.59. The van der Waals surface area contributed by atoms with Gasteiger partial charge in [-0.25, -0.2) is 4.79 Å². The van der Waals surface area contributed by atoms with E-state index < -0.39 is 0 Å². The smallest absolute Gasteiger partial charge is 0.354 e. The number of rotatable bonds is 1. The molecular formula is C33H36ClN5O3S2. The van der Waals surface area contributed by atoms with E-state index in [4.69, 9.17) is 31.3 Å². The third-order valence-electron chi connectivity index (χ3n) is 8.18. The zero-order chi connectivity index (χ0) is 31.1. The van der Waals surface area contributed by atoms with Crippen LogP contribution in [0.5, 0.6) is 5.75 Å². The van der Waals surface area contributed by atoms with Crippen molar-refractivity contribution in [3.63, 3.8) is 0 Å². The fourth-order valence-corrected chi connectivity index (χ4v) is 8.18. The van der Waals surface area contributed by atoms with E-state index in [1.165, 1.54) is 12.8 Å². The summed E-state index contributed by atoms with van der Waals surface area (Å²) in [5.74, 6) is 2.74. The fourth-order valence-electron chi connectivity index (χ4n) is 6.03. The van der Waals surface area contributed by atoms with E-state index in [-0.39, 0.29) is 5.97 Å². The molecule has 0 atom stereocenters. The average molecular weight is 650 g/mol. The third-order valence-corrected chi connectivity index (χ3v) is 10.5. The number of benzene rings is 2. The van der Waals surface area contributed by atoms with Gasteiger partial charge in [-0.15, -0.1) is 23.5 Å². The zero-order valence-corrected chi connectivity index (χ0v) is 28.3. The highest BCUT2D eigenvalue weighted by atomic mass is 35.5. The molecule has 0 saturated heterocycles. The summed E-state index contributed by atoms with van der Waals surface area (Å²) in [6.07, 6.45) is 0.702.